The first-order valence-corrected chi connectivity index (χ1v) is 9.72. The highest BCUT2D eigenvalue weighted by molar-refractivity contribution is 5.91. The molecule has 0 bridgehead atoms. The van der Waals surface area contributed by atoms with Gasteiger partial charge in [0.05, 0.1) is 0 Å². The van der Waals surface area contributed by atoms with Crippen LogP contribution in [-0.4, -0.2) is 32.7 Å². The molecule has 1 heterocycles. The average molecular weight is 394 g/mol. The molecule has 8 nitrogen and oxygen atoms in total. The average Bonchev–Trinajstić information content (AvgIpc) is 3.19. The molecule has 1 amide bonds. The summed E-state index contributed by atoms with van der Waals surface area (Å²) in [5.41, 5.74) is 2.96. The minimum absolute atomic E-state index is 0.0440. The largest absolute Gasteiger partial charge is 0.484 e. The normalized spacial score (nSPS) is 10.6. The van der Waals surface area contributed by atoms with Gasteiger partial charge in [-0.05, 0) is 53.6 Å². The molecule has 0 atom stereocenters. The van der Waals surface area contributed by atoms with E-state index in [1.54, 1.807) is 4.68 Å². The van der Waals surface area contributed by atoms with Gasteiger partial charge in [-0.3, -0.25) is 4.79 Å². The molecule has 0 unspecified atom stereocenters. The Hall–Kier alpha value is -3.42. The summed E-state index contributed by atoms with van der Waals surface area (Å²) in [5, 5.41) is 17.8. The maximum atomic E-state index is 12.0. The molecule has 0 saturated heterocycles. The molecule has 3 aromatic rings. The third-order valence-corrected chi connectivity index (χ3v) is 4.33. The van der Waals surface area contributed by atoms with E-state index in [4.69, 9.17) is 4.74 Å². The van der Waals surface area contributed by atoms with Crippen molar-refractivity contribution in [1.82, 2.24) is 20.2 Å². The molecule has 0 spiro atoms. The standard InChI is InChI=1S/C21H26N6O2/c1-3-4-13-27-21(24-25-26-27)22-14-17-7-11-19(12-8-17)29-15-20(28)23-18-9-5-16(2)6-10-18/h5-12H,3-4,13-15H2,1-2H3,(H,23,28)(H,22,24,26). The fourth-order valence-electron chi connectivity index (χ4n) is 2.66. The molecule has 0 aliphatic carbocycles. The molecule has 0 fully saturated rings. The lowest BCUT2D eigenvalue weighted by Crippen LogP contribution is -2.20. The van der Waals surface area contributed by atoms with Gasteiger partial charge in [0.1, 0.15) is 5.75 Å². The Bertz CT molecular complexity index is 906. The first-order chi connectivity index (χ1) is 14.1. The lowest BCUT2D eigenvalue weighted by Gasteiger charge is -2.09. The van der Waals surface area contributed by atoms with E-state index in [0.29, 0.717) is 18.2 Å². The molecule has 8 heteroatoms. The van der Waals surface area contributed by atoms with Crippen molar-refractivity contribution in [3.8, 4) is 5.75 Å². The number of unbranched alkanes of at least 4 members (excludes halogenated alkanes) is 1. The third kappa shape index (κ3) is 6.31. The number of rotatable bonds is 10. The molecule has 3 rings (SSSR count). The Morgan fingerprint density at radius 3 is 2.59 bits per heavy atom. The summed E-state index contributed by atoms with van der Waals surface area (Å²) in [5.74, 6) is 1.10. The molecule has 29 heavy (non-hydrogen) atoms. The zero-order valence-corrected chi connectivity index (χ0v) is 16.8. The molecule has 0 radical (unpaired) electrons. The number of aryl methyl sites for hydroxylation is 2. The number of carbonyl (C=O) groups is 1. The fraction of sp³-hybridized carbons (Fsp3) is 0.333. The van der Waals surface area contributed by atoms with Crippen LogP contribution in [0.15, 0.2) is 48.5 Å². The number of benzene rings is 2. The molecule has 152 valence electrons. The molecule has 2 aromatic carbocycles. The SMILES string of the molecule is CCCCn1nnnc1NCc1ccc(OCC(=O)Nc2ccc(C)cc2)cc1. The number of carbonyl (C=O) groups excluding carboxylic acids is 1. The smallest absolute Gasteiger partial charge is 0.262 e. The fourth-order valence-corrected chi connectivity index (χ4v) is 2.66. The van der Waals surface area contributed by atoms with Crippen LogP contribution in [0, 0.1) is 6.92 Å². The van der Waals surface area contributed by atoms with E-state index < -0.39 is 0 Å². The maximum Gasteiger partial charge on any atom is 0.262 e. The second-order valence-electron chi connectivity index (χ2n) is 6.78. The lowest BCUT2D eigenvalue weighted by molar-refractivity contribution is -0.118. The maximum absolute atomic E-state index is 12.0. The van der Waals surface area contributed by atoms with Crippen LogP contribution in [0.1, 0.15) is 30.9 Å². The lowest BCUT2D eigenvalue weighted by atomic mass is 10.2. The molecular weight excluding hydrogens is 368 g/mol. The number of tetrazole rings is 1. The van der Waals surface area contributed by atoms with Crippen molar-refractivity contribution >= 4 is 17.5 Å². The predicted octanol–water partition coefficient (Wildman–Crippen LogP) is 3.41. The topological polar surface area (TPSA) is 94.0 Å². The Labute approximate surface area is 170 Å². The van der Waals surface area contributed by atoms with Gasteiger partial charge in [0.2, 0.25) is 5.95 Å². The Balaban J connectivity index is 1.44. The van der Waals surface area contributed by atoms with Crippen LogP contribution < -0.4 is 15.4 Å². The Morgan fingerprint density at radius 1 is 1.10 bits per heavy atom. The van der Waals surface area contributed by atoms with Gasteiger partial charge in [-0.1, -0.05) is 48.3 Å². The van der Waals surface area contributed by atoms with Crippen LogP contribution in [0.25, 0.3) is 0 Å². The zero-order valence-electron chi connectivity index (χ0n) is 16.8. The zero-order chi connectivity index (χ0) is 20.5. The van der Waals surface area contributed by atoms with Crippen molar-refractivity contribution in [2.45, 2.75) is 39.8 Å². The highest BCUT2D eigenvalue weighted by Crippen LogP contribution is 2.14. The van der Waals surface area contributed by atoms with E-state index in [1.165, 1.54) is 0 Å². The van der Waals surface area contributed by atoms with Crippen LogP contribution in [0.2, 0.25) is 0 Å². The van der Waals surface area contributed by atoms with Crippen molar-refractivity contribution in [2.24, 2.45) is 0 Å². The van der Waals surface area contributed by atoms with Gasteiger partial charge in [-0.15, -0.1) is 0 Å². The summed E-state index contributed by atoms with van der Waals surface area (Å²) < 4.78 is 7.34. The van der Waals surface area contributed by atoms with Gasteiger partial charge in [0.15, 0.2) is 6.61 Å². The number of nitrogens with one attached hydrogen (secondary N) is 2. The summed E-state index contributed by atoms with van der Waals surface area (Å²) in [6.07, 6.45) is 2.12. The number of nitrogens with zero attached hydrogens (tertiary/aromatic N) is 4. The highest BCUT2D eigenvalue weighted by Gasteiger charge is 2.06. The summed E-state index contributed by atoms with van der Waals surface area (Å²) in [4.78, 5) is 12.0. The third-order valence-electron chi connectivity index (χ3n) is 4.33. The van der Waals surface area contributed by atoms with E-state index in [1.807, 2.05) is 55.5 Å². The van der Waals surface area contributed by atoms with E-state index in [2.05, 4.69) is 33.1 Å². The molecule has 2 N–H and O–H groups in total. The number of hydrogen-bond donors (Lipinski definition) is 2. The molecule has 0 aliphatic heterocycles. The van der Waals surface area contributed by atoms with Gasteiger partial charge < -0.3 is 15.4 Å². The first kappa shape index (κ1) is 20.3. The van der Waals surface area contributed by atoms with Crippen molar-refractivity contribution in [1.29, 1.82) is 0 Å². The van der Waals surface area contributed by atoms with Crippen molar-refractivity contribution < 1.29 is 9.53 Å². The number of anilines is 2. The van der Waals surface area contributed by atoms with E-state index in [9.17, 15) is 4.79 Å². The van der Waals surface area contributed by atoms with Gasteiger partial charge in [0.25, 0.3) is 5.91 Å². The molecular formula is C21H26N6O2. The van der Waals surface area contributed by atoms with Gasteiger partial charge in [-0.25, -0.2) is 4.68 Å². The number of aromatic nitrogens is 4. The highest BCUT2D eigenvalue weighted by atomic mass is 16.5. The molecule has 0 saturated carbocycles. The Kier molecular flexibility index (Phi) is 7.16. The van der Waals surface area contributed by atoms with Crippen LogP contribution in [-0.2, 0) is 17.9 Å². The molecule has 0 aliphatic rings. The van der Waals surface area contributed by atoms with Crippen LogP contribution in [0.3, 0.4) is 0 Å². The monoisotopic (exact) mass is 394 g/mol. The number of hydrogen-bond acceptors (Lipinski definition) is 6. The minimum atomic E-state index is -0.196. The van der Waals surface area contributed by atoms with Crippen LogP contribution >= 0.6 is 0 Å². The van der Waals surface area contributed by atoms with Gasteiger partial charge in [0, 0.05) is 18.8 Å². The Morgan fingerprint density at radius 2 is 1.86 bits per heavy atom. The van der Waals surface area contributed by atoms with Crippen LogP contribution in [0.5, 0.6) is 5.75 Å². The van der Waals surface area contributed by atoms with Crippen molar-refractivity contribution in [3.05, 3.63) is 59.7 Å². The number of amides is 1. The van der Waals surface area contributed by atoms with Crippen molar-refractivity contribution in [3.63, 3.8) is 0 Å². The van der Waals surface area contributed by atoms with Gasteiger partial charge in [-0.2, -0.15) is 0 Å². The summed E-state index contributed by atoms with van der Waals surface area (Å²) in [6.45, 7) is 5.48. The summed E-state index contributed by atoms with van der Waals surface area (Å²) >= 11 is 0. The predicted molar refractivity (Wildman–Crippen MR) is 112 cm³/mol. The van der Waals surface area contributed by atoms with Crippen molar-refractivity contribution in [2.75, 3.05) is 17.2 Å². The first-order valence-electron chi connectivity index (χ1n) is 9.72. The van der Waals surface area contributed by atoms with E-state index in [-0.39, 0.29) is 12.5 Å². The number of ether oxygens (including phenoxy) is 1. The summed E-state index contributed by atoms with van der Waals surface area (Å²) in [7, 11) is 0. The van der Waals surface area contributed by atoms with E-state index in [0.717, 1.165) is 36.2 Å². The van der Waals surface area contributed by atoms with Gasteiger partial charge >= 0.3 is 0 Å². The second-order valence-corrected chi connectivity index (χ2v) is 6.78. The van der Waals surface area contributed by atoms with E-state index >= 15 is 0 Å². The minimum Gasteiger partial charge on any atom is -0.484 e. The second kappa shape index (κ2) is 10.2. The molecule has 1 aromatic heterocycles. The summed E-state index contributed by atoms with van der Waals surface area (Å²) in [6, 6.07) is 15.2. The van der Waals surface area contributed by atoms with Crippen LogP contribution in [0.4, 0.5) is 11.6 Å². The quantitative estimate of drug-likeness (QED) is 0.547.